The second kappa shape index (κ2) is 7.97. The predicted molar refractivity (Wildman–Crippen MR) is 113 cm³/mol. The van der Waals surface area contributed by atoms with Crippen molar-refractivity contribution in [3.63, 3.8) is 0 Å². The van der Waals surface area contributed by atoms with E-state index in [1.807, 2.05) is 12.1 Å². The van der Waals surface area contributed by atoms with Crippen LogP contribution in [0, 0.1) is 6.92 Å². The zero-order valence-corrected chi connectivity index (χ0v) is 16.2. The molecule has 5 heteroatoms. The Hall–Kier alpha value is -2.59. The first-order chi connectivity index (χ1) is 13.2. The van der Waals surface area contributed by atoms with Crippen molar-refractivity contribution >= 4 is 23.2 Å². The van der Waals surface area contributed by atoms with Crippen LogP contribution in [0.15, 0.2) is 60.9 Å². The summed E-state index contributed by atoms with van der Waals surface area (Å²) in [6.45, 7) is 3.98. The molecule has 1 aliphatic rings. The number of rotatable bonds is 4. The molecule has 1 saturated heterocycles. The normalized spacial score (nSPS) is 15.0. The molecule has 4 nitrogen and oxygen atoms in total. The van der Waals surface area contributed by atoms with Gasteiger partial charge in [0.1, 0.15) is 0 Å². The molecular weight excluding hydrogens is 356 g/mol. The molecular formula is C22H23ClN4. The summed E-state index contributed by atoms with van der Waals surface area (Å²) in [7, 11) is 0. The third-order valence-electron chi connectivity index (χ3n) is 5.16. The first kappa shape index (κ1) is 17.8. The van der Waals surface area contributed by atoms with Gasteiger partial charge < -0.3 is 10.2 Å². The van der Waals surface area contributed by atoms with Crippen LogP contribution in [-0.2, 0) is 0 Å². The first-order valence-corrected chi connectivity index (χ1v) is 9.73. The Morgan fingerprint density at radius 3 is 2.37 bits per heavy atom. The zero-order valence-electron chi connectivity index (χ0n) is 15.4. The molecule has 0 spiro atoms. The molecule has 0 unspecified atom stereocenters. The minimum atomic E-state index is 0.407. The number of hydrogen-bond donors (Lipinski definition) is 1. The fourth-order valence-corrected chi connectivity index (χ4v) is 3.84. The second-order valence-electron chi connectivity index (χ2n) is 6.92. The smallest absolute Gasteiger partial charge is 0.225 e. The number of anilines is 2. The monoisotopic (exact) mass is 378 g/mol. The van der Waals surface area contributed by atoms with E-state index in [0.29, 0.717) is 6.04 Å². The van der Waals surface area contributed by atoms with Gasteiger partial charge in [-0.2, -0.15) is 0 Å². The van der Waals surface area contributed by atoms with Gasteiger partial charge >= 0.3 is 0 Å². The molecule has 0 saturated carbocycles. The fourth-order valence-electron chi connectivity index (χ4n) is 3.63. The number of hydrogen-bond acceptors (Lipinski definition) is 4. The number of nitrogens with one attached hydrogen (secondary N) is 1. The molecule has 0 aliphatic carbocycles. The van der Waals surface area contributed by atoms with Gasteiger partial charge in [-0.1, -0.05) is 48.0 Å². The van der Waals surface area contributed by atoms with Gasteiger partial charge in [0.2, 0.25) is 5.95 Å². The molecule has 27 heavy (non-hydrogen) atoms. The van der Waals surface area contributed by atoms with E-state index in [0.717, 1.165) is 48.2 Å². The van der Waals surface area contributed by atoms with E-state index in [9.17, 15) is 0 Å². The van der Waals surface area contributed by atoms with Crippen LogP contribution in [0.3, 0.4) is 0 Å². The summed E-state index contributed by atoms with van der Waals surface area (Å²) in [5, 5.41) is 4.45. The van der Waals surface area contributed by atoms with Crippen molar-refractivity contribution in [2.45, 2.75) is 25.8 Å². The van der Waals surface area contributed by atoms with Crippen LogP contribution in [0.2, 0.25) is 5.02 Å². The largest absolute Gasteiger partial charge is 0.381 e. The van der Waals surface area contributed by atoms with Crippen molar-refractivity contribution in [3.8, 4) is 11.1 Å². The molecule has 3 aromatic rings. The van der Waals surface area contributed by atoms with Crippen LogP contribution < -0.4 is 10.2 Å². The standard InChI is InChI=1S/C22H23ClN4/c1-16-19(17-6-3-2-4-7-17)8-9-20(21(16)23)26-18-10-14-27(15-11-18)22-24-12-5-13-25-22/h2-9,12-13,18,26H,10-11,14-15H2,1H3. The maximum atomic E-state index is 6.70. The molecule has 1 N–H and O–H groups in total. The van der Waals surface area contributed by atoms with E-state index in [4.69, 9.17) is 11.6 Å². The molecule has 1 aromatic heterocycles. The van der Waals surface area contributed by atoms with Gasteiger partial charge in [0.05, 0.1) is 10.7 Å². The van der Waals surface area contributed by atoms with Crippen molar-refractivity contribution in [2.24, 2.45) is 0 Å². The molecule has 0 amide bonds. The van der Waals surface area contributed by atoms with Crippen LogP contribution in [0.1, 0.15) is 18.4 Å². The lowest BCUT2D eigenvalue weighted by atomic mass is 9.99. The number of aromatic nitrogens is 2. The Morgan fingerprint density at radius 1 is 0.963 bits per heavy atom. The maximum absolute atomic E-state index is 6.70. The van der Waals surface area contributed by atoms with E-state index in [1.54, 1.807) is 12.4 Å². The van der Waals surface area contributed by atoms with Crippen LogP contribution in [0.5, 0.6) is 0 Å². The number of piperidine rings is 1. The Balaban J connectivity index is 1.44. The number of halogens is 1. The molecule has 0 atom stereocenters. The summed E-state index contributed by atoms with van der Waals surface area (Å²) < 4.78 is 0. The van der Waals surface area contributed by atoms with Crippen molar-refractivity contribution in [3.05, 3.63) is 71.5 Å². The average Bonchev–Trinajstić information content (AvgIpc) is 2.73. The lowest BCUT2D eigenvalue weighted by molar-refractivity contribution is 0.520. The van der Waals surface area contributed by atoms with Crippen molar-refractivity contribution in [1.82, 2.24) is 9.97 Å². The average molecular weight is 379 g/mol. The summed E-state index contributed by atoms with van der Waals surface area (Å²) in [6.07, 6.45) is 5.66. The third kappa shape index (κ3) is 3.91. The van der Waals surface area contributed by atoms with Gasteiger partial charge in [-0.15, -0.1) is 0 Å². The fraction of sp³-hybridized carbons (Fsp3) is 0.273. The highest BCUT2D eigenvalue weighted by atomic mass is 35.5. The van der Waals surface area contributed by atoms with Crippen LogP contribution in [-0.4, -0.2) is 29.1 Å². The van der Waals surface area contributed by atoms with E-state index in [-0.39, 0.29) is 0 Å². The molecule has 0 bridgehead atoms. The molecule has 138 valence electrons. The van der Waals surface area contributed by atoms with Gasteiger partial charge in [-0.25, -0.2) is 9.97 Å². The molecule has 1 aliphatic heterocycles. The Bertz CT molecular complexity index is 891. The van der Waals surface area contributed by atoms with Crippen molar-refractivity contribution in [1.29, 1.82) is 0 Å². The van der Waals surface area contributed by atoms with Gasteiger partial charge in [-0.05, 0) is 48.6 Å². The second-order valence-corrected chi connectivity index (χ2v) is 7.30. The van der Waals surface area contributed by atoms with Crippen molar-refractivity contribution in [2.75, 3.05) is 23.3 Å². The number of nitrogens with zero attached hydrogens (tertiary/aromatic N) is 3. The SMILES string of the molecule is Cc1c(-c2ccccc2)ccc(NC2CCN(c3ncccn3)CC2)c1Cl. The summed E-state index contributed by atoms with van der Waals surface area (Å²) in [6, 6.07) is 16.9. The molecule has 0 radical (unpaired) electrons. The van der Waals surface area contributed by atoms with E-state index in [2.05, 4.69) is 63.5 Å². The van der Waals surface area contributed by atoms with Gasteiger partial charge in [0, 0.05) is 31.5 Å². The highest BCUT2D eigenvalue weighted by molar-refractivity contribution is 6.34. The van der Waals surface area contributed by atoms with E-state index in [1.165, 1.54) is 11.1 Å². The Labute approximate surface area is 165 Å². The number of benzene rings is 2. The summed E-state index contributed by atoms with van der Waals surface area (Å²) in [4.78, 5) is 10.9. The highest BCUT2D eigenvalue weighted by Crippen LogP contribution is 2.34. The highest BCUT2D eigenvalue weighted by Gasteiger charge is 2.21. The molecule has 2 aromatic carbocycles. The van der Waals surface area contributed by atoms with E-state index < -0.39 is 0 Å². The Kier molecular flexibility index (Phi) is 5.26. The predicted octanol–water partition coefficient (Wildman–Crippen LogP) is 5.19. The topological polar surface area (TPSA) is 41.0 Å². The summed E-state index contributed by atoms with van der Waals surface area (Å²) >= 11 is 6.70. The lowest BCUT2D eigenvalue weighted by Crippen LogP contribution is -2.40. The minimum Gasteiger partial charge on any atom is -0.381 e. The molecule has 1 fully saturated rings. The quantitative estimate of drug-likeness (QED) is 0.678. The lowest BCUT2D eigenvalue weighted by Gasteiger charge is -2.33. The third-order valence-corrected chi connectivity index (χ3v) is 5.65. The van der Waals surface area contributed by atoms with Crippen molar-refractivity contribution < 1.29 is 0 Å². The minimum absolute atomic E-state index is 0.407. The zero-order chi connectivity index (χ0) is 18.6. The summed E-state index contributed by atoms with van der Waals surface area (Å²) in [5.74, 6) is 0.817. The molecule has 2 heterocycles. The van der Waals surface area contributed by atoms with Crippen LogP contribution in [0.4, 0.5) is 11.6 Å². The van der Waals surface area contributed by atoms with Crippen LogP contribution >= 0.6 is 11.6 Å². The first-order valence-electron chi connectivity index (χ1n) is 9.35. The van der Waals surface area contributed by atoms with Gasteiger partial charge in [0.15, 0.2) is 0 Å². The Morgan fingerprint density at radius 2 is 1.67 bits per heavy atom. The van der Waals surface area contributed by atoms with Crippen LogP contribution in [0.25, 0.3) is 11.1 Å². The van der Waals surface area contributed by atoms with Gasteiger partial charge in [0.25, 0.3) is 0 Å². The summed E-state index contributed by atoms with van der Waals surface area (Å²) in [5.41, 5.74) is 4.51. The van der Waals surface area contributed by atoms with E-state index >= 15 is 0 Å². The maximum Gasteiger partial charge on any atom is 0.225 e. The van der Waals surface area contributed by atoms with Gasteiger partial charge in [-0.3, -0.25) is 0 Å². The molecule has 4 rings (SSSR count).